The zero-order valence-corrected chi connectivity index (χ0v) is 19.8. The molecule has 0 saturated carbocycles. The van der Waals surface area contributed by atoms with Gasteiger partial charge in [-0.1, -0.05) is 24.3 Å². The van der Waals surface area contributed by atoms with Crippen molar-refractivity contribution in [1.29, 1.82) is 0 Å². The van der Waals surface area contributed by atoms with E-state index in [9.17, 15) is 13.2 Å². The Hall–Kier alpha value is -1.53. The van der Waals surface area contributed by atoms with Crippen LogP contribution in [-0.2, 0) is 17.9 Å². The number of rotatable bonds is 6. The van der Waals surface area contributed by atoms with E-state index in [1.54, 1.807) is 30.5 Å². The van der Waals surface area contributed by atoms with Gasteiger partial charge in [-0.15, -0.1) is 35.3 Å². The van der Waals surface area contributed by atoms with E-state index in [2.05, 4.69) is 42.4 Å². The Morgan fingerprint density at radius 1 is 1.10 bits per heavy atom. The number of aliphatic imine (C=N–C) groups is 1. The van der Waals surface area contributed by atoms with Crippen LogP contribution in [0.25, 0.3) is 0 Å². The van der Waals surface area contributed by atoms with Gasteiger partial charge in [-0.2, -0.15) is 13.2 Å². The van der Waals surface area contributed by atoms with Gasteiger partial charge in [0.2, 0.25) is 0 Å². The number of ether oxygens (including phenoxy) is 1. The molecule has 0 atom stereocenters. The van der Waals surface area contributed by atoms with Gasteiger partial charge in [0, 0.05) is 39.8 Å². The molecule has 1 fully saturated rings. The molecule has 1 aliphatic heterocycles. The molecule has 0 bridgehead atoms. The van der Waals surface area contributed by atoms with Crippen LogP contribution in [0.15, 0.2) is 46.8 Å². The summed E-state index contributed by atoms with van der Waals surface area (Å²) in [7, 11) is 1.77. The van der Waals surface area contributed by atoms with Crippen LogP contribution >= 0.6 is 35.3 Å². The molecular weight excluding hydrogens is 528 g/mol. The Bertz CT molecular complexity index is 776. The van der Waals surface area contributed by atoms with Gasteiger partial charge < -0.3 is 19.9 Å². The maximum Gasteiger partial charge on any atom is 0.411 e. The predicted octanol–water partition coefficient (Wildman–Crippen LogP) is 4.34. The second-order valence-electron chi connectivity index (χ2n) is 6.75. The fourth-order valence-corrected chi connectivity index (χ4v) is 3.93. The number of hydrogen-bond acceptors (Lipinski definition) is 4. The highest BCUT2D eigenvalue weighted by Gasteiger charge is 2.27. The van der Waals surface area contributed by atoms with Crippen LogP contribution in [0.5, 0.6) is 0 Å². The number of benzene rings is 1. The van der Waals surface area contributed by atoms with Crippen LogP contribution in [0.1, 0.15) is 11.1 Å². The maximum absolute atomic E-state index is 12.1. The Labute approximate surface area is 195 Å². The van der Waals surface area contributed by atoms with Crippen molar-refractivity contribution in [3.05, 3.63) is 52.9 Å². The molecule has 10 heteroatoms. The quantitative estimate of drug-likeness (QED) is 0.328. The lowest BCUT2D eigenvalue weighted by Gasteiger charge is -2.37. The fraction of sp³-hybridized carbons (Fsp3) is 0.450. The lowest BCUT2D eigenvalue weighted by Crippen LogP contribution is -2.52. The molecule has 1 N–H and O–H groups in total. The molecule has 1 aromatic carbocycles. The zero-order chi connectivity index (χ0) is 20.7. The molecule has 30 heavy (non-hydrogen) atoms. The third-order valence-corrected chi connectivity index (χ3v) is 5.55. The van der Waals surface area contributed by atoms with Crippen LogP contribution in [-0.4, -0.2) is 56.9 Å². The predicted molar refractivity (Wildman–Crippen MR) is 126 cm³/mol. The van der Waals surface area contributed by atoms with Crippen molar-refractivity contribution < 1.29 is 17.9 Å². The first-order chi connectivity index (χ1) is 13.9. The normalized spacial score (nSPS) is 15.1. The van der Waals surface area contributed by atoms with Gasteiger partial charge in [0.25, 0.3) is 0 Å². The summed E-state index contributed by atoms with van der Waals surface area (Å²) in [6.45, 7) is 3.01. The van der Waals surface area contributed by atoms with E-state index in [1.165, 1.54) is 5.00 Å². The highest BCUT2D eigenvalue weighted by atomic mass is 127. The molecule has 0 unspecified atom stereocenters. The number of piperazine rings is 1. The number of thiophene rings is 1. The lowest BCUT2D eigenvalue weighted by molar-refractivity contribution is -0.176. The number of anilines is 1. The summed E-state index contributed by atoms with van der Waals surface area (Å²) in [6, 6.07) is 11.6. The first-order valence-corrected chi connectivity index (χ1v) is 10.3. The van der Waals surface area contributed by atoms with Crippen LogP contribution in [0.2, 0.25) is 0 Å². The van der Waals surface area contributed by atoms with Crippen LogP contribution in [0.3, 0.4) is 0 Å². The minimum absolute atomic E-state index is 0. The Morgan fingerprint density at radius 3 is 2.33 bits per heavy atom. The highest BCUT2D eigenvalue weighted by Crippen LogP contribution is 2.22. The molecule has 0 spiro atoms. The van der Waals surface area contributed by atoms with Crippen molar-refractivity contribution in [2.45, 2.75) is 19.3 Å². The number of alkyl halides is 3. The van der Waals surface area contributed by atoms with Crippen LogP contribution in [0.4, 0.5) is 18.2 Å². The molecule has 2 aromatic rings. The van der Waals surface area contributed by atoms with Crippen molar-refractivity contribution in [3.63, 3.8) is 0 Å². The van der Waals surface area contributed by atoms with E-state index in [0.29, 0.717) is 12.1 Å². The minimum atomic E-state index is -4.30. The van der Waals surface area contributed by atoms with Crippen molar-refractivity contribution in [3.8, 4) is 0 Å². The molecule has 1 aromatic heterocycles. The first kappa shape index (κ1) is 24.7. The van der Waals surface area contributed by atoms with Crippen LogP contribution < -0.4 is 10.2 Å². The number of nitrogens with zero attached hydrogens (tertiary/aromatic N) is 3. The van der Waals surface area contributed by atoms with Gasteiger partial charge in [0.15, 0.2) is 5.96 Å². The SMILES string of the molecule is CN=C(NCc1ccc(COCC(F)(F)F)cc1)N1CCN(c2cccs2)CC1.I. The van der Waals surface area contributed by atoms with Crippen molar-refractivity contribution in [1.82, 2.24) is 10.2 Å². The summed E-state index contributed by atoms with van der Waals surface area (Å²) in [5.41, 5.74) is 1.75. The van der Waals surface area contributed by atoms with E-state index < -0.39 is 12.8 Å². The third-order valence-electron chi connectivity index (χ3n) is 4.62. The van der Waals surface area contributed by atoms with Crippen molar-refractivity contribution in [2.24, 2.45) is 4.99 Å². The fourth-order valence-electron chi connectivity index (χ4n) is 3.14. The van der Waals surface area contributed by atoms with Crippen molar-refractivity contribution >= 4 is 46.3 Å². The molecule has 166 valence electrons. The Balaban J connectivity index is 0.00000320. The van der Waals surface area contributed by atoms with E-state index in [1.807, 2.05) is 12.1 Å². The summed E-state index contributed by atoms with van der Waals surface area (Å²) in [4.78, 5) is 9.01. The van der Waals surface area contributed by atoms with Crippen molar-refractivity contribution in [2.75, 3.05) is 44.7 Å². The molecule has 5 nitrogen and oxygen atoms in total. The largest absolute Gasteiger partial charge is 0.411 e. The van der Waals surface area contributed by atoms with E-state index in [4.69, 9.17) is 0 Å². The van der Waals surface area contributed by atoms with E-state index >= 15 is 0 Å². The standard InChI is InChI=1S/C20H25F3N4OS.HI/c1-24-19(27-10-8-26(9-11-27)18-3-2-12-29-18)25-13-16-4-6-17(7-5-16)14-28-15-20(21,22)23;/h2-7,12H,8-11,13-15H2,1H3,(H,24,25);1H. The average Bonchev–Trinajstić information content (AvgIpc) is 3.24. The number of halogens is 4. The van der Waals surface area contributed by atoms with Gasteiger partial charge in [-0.25, -0.2) is 0 Å². The van der Waals surface area contributed by atoms with Crippen LogP contribution in [0, 0.1) is 0 Å². The summed E-state index contributed by atoms with van der Waals surface area (Å²) in [5.74, 6) is 0.855. The molecule has 3 rings (SSSR count). The van der Waals surface area contributed by atoms with Gasteiger partial charge in [-0.05, 0) is 28.6 Å². The molecule has 2 heterocycles. The second-order valence-corrected chi connectivity index (χ2v) is 7.68. The summed E-state index contributed by atoms with van der Waals surface area (Å²) in [6.07, 6.45) is -4.30. The number of hydrogen-bond donors (Lipinski definition) is 1. The van der Waals surface area contributed by atoms with Gasteiger partial charge >= 0.3 is 6.18 Å². The van der Waals surface area contributed by atoms with Gasteiger partial charge in [0.05, 0.1) is 11.6 Å². The van der Waals surface area contributed by atoms with Gasteiger partial charge in [-0.3, -0.25) is 4.99 Å². The number of guanidine groups is 1. The lowest BCUT2D eigenvalue weighted by atomic mass is 10.1. The monoisotopic (exact) mass is 554 g/mol. The summed E-state index contributed by atoms with van der Waals surface area (Å²) >= 11 is 1.76. The molecule has 0 radical (unpaired) electrons. The average molecular weight is 554 g/mol. The molecule has 1 saturated heterocycles. The van der Waals surface area contributed by atoms with E-state index in [0.717, 1.165) is 37.7 Å². The third kappa shape index (κ3) is 7.62. The van der Waals surface area contributed by atoms with Gasteiger partial charge in [0.1, 0.15) is 6.61 Å². The summed E-state index contributed by atoms with van der Waals surface area (Å²) < 4.78 is 41.1. The highest BCUT2D eigenvalue weighted by molar-refractivity contribution is 14.0. The molecular formula is C20H26F3IN4OS. The summed E-state index contributed by atoms with van der Waals surface area (Å²) in [5, 5.41) is 6.76. The second kappa shape index (κ2) is 11.8. The first-order valence-electron chi connectivity index (χ1n) is 9.41. The molecule has 0 amide bonds. The zero-order valence-electron chi connectivity index (χ0n) is 16.7. The van der Waals surface area contributed by atoms with E-state index in [-0.39, 0.29) is 30.6 Å². The maximum atomic E-state index is 12.1. The Kier molecular flexibility index (Phi) is 9.69. The minimum Gasteiger partial charge on any atom is -0.367 e. The number of nitrogens with one attached hydrogen (secondary N) is 1. The molecule has 1 aliphatic rings. The smallest absolute Gasteiger partial charge is 0.367 e. The Morgan fingerprint density at radius 2 is 1.77 bits per heavy atom. The topological polar surface area (TPSA) is 40.1 Å². The molecule has 0 aliphatic carbocycles.